The number of aromatic nitrogens is 4. The van der Waals surface area contributed by atoms with E-state index in [-0.39, 0.29) is 0 Å². The molecule has 1 aliphatic heterocycles. The average molecular weight is 207 g/mol. The van der Waals surface area contributed by atoms with Crippen LogP contribution >= 0.6 is 11.6 Å². The lowest BCUT2D eigenvalue weighted by atomic mass is 10.3. The van der Waals surface area contributed by atoms with E-state index in [0.717, 1.165) is 24.4 Å². The maximum Gasteiger partial charge on any atom is 0.165 e. The van der Waals surface area contributed by atoms with Crippen molar-refractivity contribution in [3.05, 3.63) is 29.5 Å². The van der Waals surface area contributed by atoms with Gasteiger partial charge in [-0.05, 0) is 0 Å². The second-order valence-electron chi connectivity index (χ2n) is 3.15. The summed E-state index contributed by atoms with van der Waals surface area (Å²) < 4.78 is 2.06. The molecule has 70 valence electrons. The zero-order valence-electron chi connectivity index (χ0n) is 7.31. The van der Waals surface area contributed by atoms with Gasteiger partial charge in [0.2, 0.25) is 0 Å². The van der Waals surface area contributed by atoms with Gasteiger partial charge in [0.05, 0.1) is 0 Å². The van der Waals surface area contributed by atoms with Crippen LogP contribution in [0.3, 0.4) is 0 Å². The number of rotatable bonds is 0. The fraction of sp³-hybridized carbons (Fsp3) is 0.222. The van der Waals surface area contributed by atoms with Crippen molar-refractivity contribution in [3.63, 3.8) is 0 Å². The van der Waals surface area contributed by atoms with E-state index in [1.807, 2.05) is 0 Å². The molecule has 2 aromatic heterocycles. The number of nitrogens with zero attached hydrogens (tertiary/aromatic N) is 4. The molecule has 0 saturated heterocycles. The molecule has 0 radical (unpaired) electrons. The summed E-state index contributed by atoms with van der Waals surface area (Å²) in [5.41, 5.74) is 1.53. The largest absolute Gasteiger partial charge is 0.308 e. The van der Waals surface area contributed by atoms with Crippen LogP contribution in [0.4, 0.5) is 0 Å². The van der Waals surface area contributed by atoms with Gasteiger partial charge in [-0.25, -0.2) is 15.0 Å². The predicted molar refractivity (Wildman–Crippen MR) is 53.2 cm³/mol. The second-order valence-corrected chi connectivity index (χ2v) is 3.51. The monoisotopic (exact) mass is 206 g/mol. The molecule has 3 rings (SSSR count). The molecule has 0 aromatic carbocycles. The summed E-state index contributed by atoms with van der Waals surface area (Å²) in [5.74, 6) is 1.00. The molecule has 2 aromatic rings. The lowest BCUT2D eigenvalue weighted by Crippen LogP contribution is -2.06. The van der Waals surface area contributed by atoms with Gasteiger partial charge in [-0.15, -0.1) is 0 Å². The van der Waals surface area contributed by atoms with Crippen LogP contribution in [0.5, 0.6) is 0 Å². The van der Waals surface area contributed by atoms with Gasteiger partial charge >= 0.3 is 0 Å². The van der Waals surface area contributed by atoms with Gasteiger partial charge in [-0.2, -0.15) is 0 Å². The first kappa shape index (κ1) is 7.94. The third kappa shape index (κ3) is 0.974. The van der Waals surface area contributed by atoms with Crippen molar-refractivity contribution < 1.29 is 0 Å². The van der Waals surface area contributed by atoms with Crippen LogP contribution in [0, 0.1) is 0 Å². The van der Waals surface area contributed by atoms with Crippen LogP contribution < -0.4 is 0 Å². The van der Waals surface area contributed by atoms with Crippen molar-refractivity contribution in [1.82, 2.24) is 19.5 Å². The van der Waals surface area contributed by atoms with Gasteiger partial charge in [-0.1, -0.05) is 23.8 Å². The molecule has 0 saturated carbocycles. The topological polar surface area (TPSA) is 43.6 Å². The highest BCUT2D eigenvalue weighted by Gasteiger charge is 2.14. The van der Waals surface area contributed by atoms with Crippen LogP contribution in [0.1, 0.15) is 5.82 Å². The van der Waals surface area contributed by atoms with Crippen LogP contribution in [-0.4, -0.2) is 19.5 Å². The molecule has 0 fully saturated rings. The molecule has 14 heavy (non-hydrogen) atoms. The summed E-state index contributed by atoms with van der Waals surface area (Å²) in [7, 11) is 0. The first-order valence-electron chi connectivity index (χ1n) is 4.37. The molecular weight excluding hydrogens is 200 g/mol. The first-order chi connectivity index (χ1) is 6.86. The molecule has 3 heterocycles. The zero-order valence-corrected chi connectivity index (χ0v) is 8.07. The molecule has 0 unspecified atom stereocenters. The van der Waals surface area contributed by atoms with Gasteiger partial charge in [-0.3, -0.25) is 0 Å². The highest BCUT2D eigenvalue weighted by molar-refractivity contribution is 6.33. The highest BCUT2D eigenvalue weighted by Crippen LogP contribution is 2.21. The van der Waals surface area contributed by atoms with Crippen molar-refractivity contribution in [3.8, 4) is 0 Å². The van der Waals surface area contributed by atoms with E-state index in [1.165, 1.54) is 6.33 Å². The summed E-state index contributed by atoms with van der Waals surface area (Å²) in [5, 5.41) is 0.428. The Bertz CT molecular complexity index is 529. The molecule has 0 spiro atoms. The smallest absolute Gasteiger partial charge is 0.165 e. The van der Waals surface area contributed by atoms with E-state index in [9.17, 15) is 0 Å². The summed E-state index contributed by atoms with van der Waals surface area (Å²) in [6.45, 7) is 0.819. The Kier molecular flexibility index (Phi) is 1.58. The second kappa shape index (κ2) is 2.78. The lowest BCUT2D eigenvalue weighted by molar-refractivity contribution is 0.750. The molecule has 4 nitrogen and oxygen atoms in total. The SMILES string of the molecule is Clc1ncnc2c1nc1n2CC=CC1. The van der Waals surface area contributed by atoms with Crippen LogP contribution in [0.2, 0.25) is 5.15 Å². The van der Waals surface area contributed by atoms with Crippen LogP contribution in [0.25, 0.3) is 11.2 Å². The Morgan fingerprint density at radius 2 is 2.21 bits per heavy atom. The standard InChI is InChI=1S/C9H7ClN4/c10-8-7-9(12-5-11-8)14-4-2-1-3-6(14)13-7/h1-2,5H,3-4H2. The minimum absolute atomic E-state index is 0.428. The van der Waals surface area contributed by atoms with E-state index in [4.69, 9.17) is 11.6 Å². The van der Waals surface area contributed by atoms with Crippen molar-refractivity contribution in [1.29, 1.82) is 0 Å². The molecular formula is C9H7ClN4. The van der Waals surface area contributed by atoms with E-state index in [0.29, 0.717) is 10.7 Å². The minimum Gasteiger partial charge on any atom is -0.308 e. The maximum atomic E-state index is 5.93. The van der Waals surface area contributed by atoms with Crippen molar-refractivity contribution in [2.24, 2.45) is 0 Å². The van der Waals surface area contributed by atoms with Crippen molar-refractivity contribution >= 4 is 22.8 Å². The molecule has 0 atom stereocenters. The Morgan fingerprint density at radius 3 is 3.14 bits per heavy atom. The van der Waals surface area contributed by atoms with E-state index in [2.05, 4.69) is 31.7 Å². The molecule has 1 aliphatic rings. The fourth-order valence-corrected chi connectivity index (χ4v) is 1.84. The Hall–Kier alpha value is -1.42. The van der Waals surface area contributed by atoms with E-state index >= 15 is 0 Å². The Balaban J connectivity index is 2.39. The summed E-state index contributed by atoms with van der Waals surface area (Å²) in [6.07, 6.45) is 6.51. The summed E-state index contributed by atoms with van der Waals surface area (Å²) in [4.78, 5) is 12.5. The summed E-state index contributed by atoms with van der Waals surface area (Å²) >= 11 is 5.93. The minimum atomic E-state index is 0.428. The molecule has 0 aliphatic carbocycles. The Labute approximate surface area is 85.3 Å². The van der Waals surface area contributed by atoms with Gasteiger partial charge in [0.1, 0.15) is 17.7 Å². The predicted octanol–water partition coefficient (Wildman–Crippen LogP) is 1.59. The van der Waals surface area contributed by atoms with E-state index < -0.39 is 0 Å². The van der Waals surface area contributed by atoms with Crippen LogP contribution in [-0.2, 0) is 13.0 Å². The van der Waals surface area contributed by atoms with Crippen molar-refractivity contribution in [2.45, 2.75) is 13.0 Å². The van der Waals surface area contributed by atoms with Crippen molar-refractivity contribution in [2.75, 3.05) is 0 Å². The maximum absolute atomic E-state index is 5.93. The number of allylic oxidation sites excluding steroid dienone is 2. The van der Waals surface area contributed by atoms with Gasteiger partial charge in [0.15, 0.2) is 10.8 Å². The molecule has 0 bridgehead atoms. The molecule has 0 amide bonds. The van der Waals surface area contributed by atoms with Crippen LogP contribution in [0.15, 0.2) is 18.5 Å². The Morgan fingerprint density at radius 1 is 1.29 bits per heavy atom. The van der Waals surface area contributed by atoms with Gasteiger partial charge < -0.3 is 4.57 Å². The lowest BCUT2D eigenvalue weighted by Gasteiger charge is -2.07. The third-order valence-corrected chi connectivity index (χ3v) is 2.60. The van der Waals surface area contributed by atoms with E-state index in [1.54, 1.807) is 0 Å². The average Bonchev–Trinajstić information content (AvgIpc) is 2.59. The van der Waals surface area contributed by atoms with Gasteiger partial charge in [0, 0.05) is 13.0 Å². The number of halogens is 1. The number of hydrogen-bond acceptors (Lipinski definition) is 3. The quantitative estimate of drug-likeness (QED) is 0.486. The summed E-state index contributed by atoms with van der Waals surface area (Å²) in [6, 6.07) is 0. The molecule has 5 heteroatoms. The fourth-order valence-electron chi connectivity index (χ4n) is 1.67. The highest BCUT2D eigenvalue weighted by atomic mass is 35.5. The zero-order chi connectivity index (χ0) is 9.54. The number of imidazole rings is 1. The third-order valence-electron chi connectivity index (χ3n) is 2.32. The molecule has 0 N–H and O–H groups in total. The number of fused-ring (bicyclic) bond motifs is 3. The number of hydrogen-bond donors (Lipinski definition) is 0. The normalized spacial score (nSPS) is 14.6. The first-order valence-corrected chi connectivity index (χ1v) is 4.74. The van der Waals surface area contributed by atoms with Gasteiger partial charge in [0.25, 0.3) is 0 Å².